The molecule has 0 aliphatic rings. The average Bonchev–Trinajstić information content (AvgIpc) is 2.65. The molecule has 0 radical (unpaired) electrons. The van der Waals surface area contributed by atoms with Crippen LogP contribution in [0.2, 0.25) is 0 Å². The summed E-state index contributed by atoms with van der Waals surface area (Å²) in [6.07, 6.45) is 2.85. The Kier molecular flexibility index (Phi) is 5.64. The van der Waals surface area contributed by atoms with Crippen molar-refractivity contribution in [3.8, 4) is 0 Å². The lowest BCUT2D eigenvalue weighted by atomic mass is 10.1. The van der Waals surface area contributed by atoms with Gasteiger partial charge >= 0.3 is 0 Å². The molecule has 1 aromatic heterocycles. The highest BCUT2D eigenvalue weighted by molar-refractivity contribution is 5.90. The maximum Gasteiger partial charge on any atom is 0.224 e. The van der Waals surface area contributed by atoms with Crippen LogP contribution >= 0.6 is 0 Å². The van der Waals surface area contributed by atoms with Crippen LogP contribution in [0.3, 0.4) is 0 Å². The van der Waals surface area contributed by atoms with Crippen LogP contribution < -0.4 is 10.6 Å². The van der Waals surface area contributed by atoms with Gasteiger partial charge in [0.2, 0.25) is 5.91 Å². The largest absolute Gasteiger partial charge is 0.340 e. The second-order valence-electron chi connectivity index (χ2n) is 6.39. The Morgan fingerprint density at radius 2 is 1.69 bits per heavy atom. The van der Waals surface area contributed by atoms with Crippen LogP contribution in [0.15, 0.2) is 66.9 Å². The highest BCUT2D eigenvalue weighted by Gasteiger charge is 2.04. The second kappa shape index (κ2) is 8.30. The molecule has 2 aromatic carbocycles. The molecule has 0 fully saturated rings. The Hall–Kier alpha value is -3.14. The van der Waals surface area contributed by atoms with E-state index in [1.165, 1.54) is 11.1 Å². The van der Waals surface area contributed by atoms with Crippen molar-refractivity contribution in [3.63, 3.8) is 0 Å². The minimum atomic E-state index is -0.00878. The number of rotatable bonds is 6. The van der Waals surface area contributed by atoms with Gasteiger partial charge in [0, 0.05) is 12.1 Å². The van der Waals surface area contributed by atoms with E-state index in [-0.39, 0.29) is 5.91 Å². The normalized spacial score (nSPS) is 10.4. The number of nitrogens with zero attached hydrogens (tertiary/aromatic N) is 1. The Morgan fingerprint density at radius 3 is 2.38 bits per heavy atom. The molecule has 3 rings (SSSR count). The molecule has 1 amide bonds. The van der Waals surface area contributed by atoms with Gasteiger partial charge in [-0.2, -0.15) is 0 Å². The summed E-state index contributed by atoms with van der Waals surface area (Å²) in [5.41, 5.74) is 5.36. The molecule has 0 unspecified atom stereocenters. The first-order valence-electron chi connectivity index (χ1n) is 8.74. The van der Waals surface area contributed by atoms with Crippen molar-refractivity contribution < 1.29 is 4.79 Å². The Balaban J connectivity index is 1.53. The molecule has 132 valence electrons. The number of benzene rings is 2. The number of carbonyl (C=O) groups is 1. The summed E-state index contributed by atoms with van der Waals surface area (Å²) >= 11 is 0. The van der Waals surface area contributed by atoms with E-state index in [9.17, 15) is 4.79 Å². The van der Waals surface area contributed by atoms with Crippen molar-refractivity contribution in [2.75, 3.05) is 10.6 Å². The van der Waals surface area contributed by atoms with E-state index in [1.807, 2.05) is 48.5 Å². The highest BCUT2D eigenvalue weighted by atomic mass is 16.1. The summed E-state index contributed by atoms with van der Waals surface area (Å²) in [5, 5.41) is 6.17. The summed E-state index contributed by atoms with van der Waals surface area (Å²) in [5.74, 6) is 0.737. The van der Waals surface area contributed by atoms with E-state index < -0.39 is 0 Å². The zero-order valence-electron chi connectivity index (χ0n) is 15.1. The Labute approximate surface area is 154 Å². The number of aryl methyl sites for hydroxylation is 3. The Bertz CT molecular complexity index is 874. The molecular formula is C22H23N3O. The lowest BCUT2D eigenvalue weighted by molar-refractivity contribution is -0.116. The molecular weight excluding hydrogens is 322 g/mol. The first-order chi connectivity index (χ1) is 12.6. The third kappa shape index (κ3) is 4.93. The van der Waals surface area contributed by atoms with Gasteiger partial charge in [0.1, 0.15) is 5.82 Å². The molecule has 3 aromatic rings. The molecule has 0 bridgehead atoms. The van der Waals surface area contributed by atoms with Gasteiger partial charge in [-0.15, -0.1) is 0 Å². The zero-order chi connectivity index (χ0) is 18.4. The van der Waals surface area contributed by atoms with Gasteiger partial charge in [-0.25, -0.2) is 4.98 Å². The summed E-state index contributed by atoms with van der Waals surface area (Å²) in [6, 6.07) is 19.9. The first kappa shape index (κ1) is 17.7. The van der Waals surface area contributed by atoms with Crippen molar-refractivity contribution >= 4 is 23.1 Å². The number of anilines is 3. The maximum atomic E-state index is 12.1. The number of hydrogen-bond acceptors (Lipinski definition) is 3. The summed E-state index contributed by atoms with van der Waals surface area (Å²) < 4.78 is 0. The number of hydrogen-bond donors (Lipinski definition) is 2. The summed E-state index contributed by atoms with van der Waals surface area (Å²) in [6.45, 7) is 4.18. The fourth-order valence-electron chi connectivity index (χ4n) is 2.63. The molecule has 0 saturated heterocycles. The smallest absolute Gasteiger partial charge is 0.224 e. The van der Waals surface area contributed by atoms with Crippen LogP contribution in [-0.2, 0) is 11.2 Å². The average molecular weight is 345 g/mol. The van der Waals surface area contributed by atoms with E-state index in [0.717, 1.165) is 23.5 Å². The fraction of sp³-hybridized carbons (Fsp3) is 0.182. The fourth-order valence-corrected chi connectivity index (χ4v) is 2.63. The maximum absolute atomic E-state index is 12.1. The van der Waals surface area contributed by atoms with Crippen LogP contribution in [0.5, 0.6) is 0 Å². The van der Waals surface area contributed by atoms with Crippen LogP contribution in [0, 0.1) is 13.8 Å². The molecule has 0 aliphatic carbocycles. The SMILES string of the molecule is Cc1ccc(Nc2ccc(NC(=O)CCc3ccccc3)cn2)cc1C. The molecule has 0 aliphatic heterocycles. The van der Waals surface area contributed by atoms with Gasteiger partial charge in [-0.3, -0.25) is 4.79 Å². The van der Waals surface area contributed by atoms with Crippen molar-refractivity contribution in [3.05, 3.63) is 83.6 Å². The molecule has 0 atom stereocenters. The van der Waals surface area contributed by atoms with Gasteiger partial charge in [0.25, 0.3) is 0 Å². The molecule has 1 heterocycles. The standard InChI is InChI=1S/C22H23N3O/c1-16-8-10-19(14-17(16)2)24-21-12-11-20(15-23-21)25-22(26)13-9-18-6-4-3-5-7-18/h3-8,10-12,14-15H,9,13H2,1-2H3,(H,23,24)(H,25,26). The number of carbonyl (C=O) groups excluding carboxylic acids is 1. The van der Waals surface area contributed by atoms with E-state index >= 15 is 0 Å². The molecule has 0 saturated carbocycles. The van der Waals surface area contributed by atoms with Crippen LogP contribution in [0.1, 0.15) is 23.1 Å². The van der Waals surface area contributed by atoms with Gasteiger partial charge < -0.3 is 10.6 Å². The van der Waals surface area contributed by atoms with E-state index in [4.69, 9.17) is 0 Å². The lowest BCUT2D eigenvalue weighted by Crippen LogP contribution is -2.12. The third-order valence-corrected chi connectivity index (χ3v) is 4.31. The van der Waals surface area contributed by atoms with Gasteiger partial charge in [-0.1, -0.05) is 36.4 Å². The van der Waals surface area contributed by atoms with E-state index in [1.54, 1.807) is 6.20 Å². The number of aromatic nitrogens is 1. The predicted molar refractivity (Wildman–Crippen MR) is 107 cm³/mol. The molecule has 26 heavy (non-hydrogen) atoms. The van der Waals surface area contributed by atoms with Crippen LogP contribution in [-0.4, -0.2) is 10.9 Å². The molecule has 2 N–H and O–H groups in total. The van der Waals surface area contributed by atoms with Crippen molar-refractivity contribution in [1.82, 2.24) is 4.98 Å². The van der Waals surface area contributed by atoms with Crippen molar-refractivity contribution in [1.29, 1.82) is 0 Å². The molecule has 4 heteroatoms. The van der Waals surface area contributed by atoms with Gasteiger partial charge in [-0.05, 0) is 61.2 Å². The minimum Gasteiger partial charge on any atom is -0.340 e. The monoisotopic (exact) mass is 345 g/mol. The van der Waals surface area contributed by atoms with E-state index in [2.05, 4.69) is 41.6 Å². The molecule has 4 nitrogen and oxygen atoms in total. The number of nitrogens with one attached hydrogen (secondary N) is 2. The predicted octanol–water partition coefficient (Wildman–Crippen LogP) is 5.01. The molecule has 0 spiro atoms. The van der Waals surface area contributed by atoms with Gasteiger partial charge in [0.15, 0.2) is 0 Å². The Morgan fingerprint density at radius 1 is 0.923 bits per heavy atom. The van der Waals surface area contributed by atoms with Crippen LogP contribution in [0.4, 0.5) is 17.2 Å². The van der Waals surface area contributed by atoms with Gasteiger partial charge in [0.05, 0.1) is 11.9 Å². The summed E-state index contributed by atoms with van der Waals surface area (Å²) in [4.78, 5) is 16.4. The number of amides is 1. The quantitative estimate of drug-likeness (QED) is 0.660. The van der Waals surface area contributed by atoms with E-state index in [0.29, 0.717) is 12.1 Å². The second-order valence-corrected chi connectivity index (χ2v) is 6.39. The minimum absolute atomic E-state index is 0.00878. The topological polar surface area (TPSA) is 54.0 Å². The highest BCUT2D eigenvalue weighted by Crippen LogP contribution is 2.19. The van der Waals surface area contributed by atoms with Crippen LogP contribution in [0.25, 0.3) is 0 Å². The van der Waals surface area contributed by atoms with Crippen molar-refractivity contribution in [2.45, 2.75) is 26.7 Å². The first-order valence-corrected chi connectivity index (χ1v) is 8.74. The summed E-state index contributed by atoms with van der Waals surface area (Å²) in [7, 11) is 0. The zero-order valence-corrected chi connectivity index (χ0v) is 15.1. The third-order valence-electron chi connectivity index (χ3n) is 4.31. The number of pyridine rings is 1. The van der Waals surface area contributed by atoms with Crippen molar-refractivity contribution in [2.24, 2.45) is 0 Å². The lowest BCUT2D eigenvalue weighted by Gasteiger charge is -2.09.